The molecule has 2 rings (SSSR count). The van der Waals surface area contributed by atoms with Gasteiger partial charge < -0.3 is 24.5 Å². The molecule has 1 amide bonds. The Balaban J connectivity index is 2.27. The molecule has 0 bridgehead atoms. The highest BCUT2D eigenvalue weighted by atomic mass is 16.7. The molecular weight excluding hydrogens is 389 g/mol. The van der Waals surface area contributed by atoms with Gasteiger partial charge in [0.1, 0.15) is 11.6 Å². The van der Waals surface area contributed by atoms with E-state index in [0.717, 1.165) is 0 Å². The number of aliphatic carboxylic acids is 1. The molecular formula is C20H32BN3O6. The van der Waals surface area contributed by atoms with E-state index in [9.17, 15) is 14.7 Å². The predicted octanol–water partition coefficient (Wildman–Crippen LogP) is 3.07. The molecule has 1 aromatic rings. The molecule has 0 spiro atoms. The lowest BCUT2D eigenvalue weighted by atomic mass is 9.77. The molecule has 1 aliphatic heterocycles. The standard InChI is InChI=1S/C20H32BN3O6/c1-13(16(25)26)24-12-14(10-23-24)9-15(11-22-17(27)28-18(2,3)4)21-29-19(5,6)20(7,8)30-21/h9-10,12-13H,11H2,1-8H3,(H,22,27)(H,25,26)/t13-/m0/s1. The maximum Gasteiger partial charge on any atom is 0.492 e. The van der Waals surface area contributed by atoms with Gasteiger partial charge in [-0.1, -0.05) is 6.08 Å². The van der Waals surface area contributed by atoms with Crippen LogP contribution in [0.25, 0.3) is 6.08 Å². The van der Waals surface area contributed by atoms with Gasteiger partial charge in [0, 0.05) is 18.3 Å². The summed E-state index contributed by atoms with van der Waals surface area (Å²) >= 11 is 0. The minimum atomic E-state index is -0.980. The second kappa shape index (κ2) is 8.43. The van der Waals surface area contributed by atoms with E-state index in [0.29, 0.717) is 11.0 Å². The highest BCUT2D eigenvalue weighted by Crippen LogP contribution is 2.38. The first kappa shape index (κ1) is 23.9. The molecule has 0 unspecified atom stereocenters. The summed E-state index contributed by atoms with van der Waals surface area (Å²) in [6.45, 7) is 14.8. The van der Waals surface area contributed by atoms with E-state index < -0.39 is 42.0 Å². The molecule has 9 nitrogen and oxygen atoms in total. The zero-order valence-electron chi connectivity index (χ0n) is 19.0. The van der Waals surface area contributed by atoms with Gasteiger partial charge in [-0.05, 0) is 60.9 Å². The summed E-state index contributed by atoms with van der Waals surface area (Å²) in [7, 11) is -0.690. The van der Waals surface area contributed by atoms with Crippen LogP contribution in [0.5, 0.6) is 0 Å². The van der Waals surface area contributed by atoms with Crippen LogP contribution in [0.4, 0.5) is 4.79 Å². The lowest BCUT2D eigenvalue weighted by Crippen LogP contribution is -2.41. The van der Waals surface area contributed by atoms with E-state index in [1.807, 2.05) is 27.7 Å². The lowest BCUT2D eigenvalue weighted by Gasteiger charge is -2.32. The number of carbonyl (C=O) groups is 2. The summed E-state index contributed by atoms with van der Waals surface area (Å²) < 4.78 is 18.9. The van der Waals surface area contributed by atoms with Crippen molar-refractivity contribution in [2.45, 2.75) is 78.2 Å². The second-order valence-electron chi connectivity index (χ2n) is 9.43. The first-order valence-electron chi connectivity index (χ1n) is 9.91. The molecule has 1 atom stereocenters. The van der Waals surface area contributed by atoms with Crippen LogP contribution < -0.4 is 5.32 Å². The van der Waals surface area contributed by atoms with Crippen LogP contribution in [-0.4, -0.2) is 57.4 Å². The zero-order chi connectivity index (χ0) is 22.9. The summed E-state index contributed by atoms with van der Waals surface area (Å²) in [4.78, 5) is 23.3. The number of amides is 1. The van der Waals surface area contributed by atoms with E-state index in [1.54, 1.807) is 46.2 Å². The number of carbonyl (C=O) groups excluding carboxylic acids is 1. The SMILES string of the molecule is C[C@@H](C(=O)O)n1cc(C=C(CNC(=O)OC(C)(C)C)B2OC(C)(C)C(C)(C)O2)cn1. The van der Waals surface area contributed by atoms with Crippen molar-refractivity contribution >= 4 is 25.3 Å². The number of alkyl carbamates (subject to hydrolysis) is 1. The number of ether oxygens (including phenoxy) is 1. The fourth-order valence-corrected chi connectivity index (χ4v) is 2.65. The Hall–Kier alpha value is -2.33. The molecule has 2 heterocycles. The highest BCUT2D eigenvalue weighted by molar-refractivity contribution is 6.56. The average molecular weight is 421 g/mol. The van der Waals surface area contributed by atoms with E-state index in [-0.39, 0.29) is 6.54 Å². The number of aromatic nitrogens is 2. The van der Waals surface area contributed by atoms with Gasteiger partial charge >= 0.3 is 19.2 Å². The van der Waals surface area contributed by atoms with Crippen LogP contribution in [0.1, 0.15) is 67.0 Å². The van der Waals surface area contributed by atoms with Gasteiger partial charge in [-0.25, -0.2) is 9.59 Å². The van der Waals surface area contributed by atoms with Gasteiger partial charge in [0.05, 0.1) is 17.4 Å². The Labute approximate surface area is 177 Å². The summed E-state index contributed by atoms with van der Waals surface area (Å²) in [5.41, 5.74) is -0.400. The second-order valence-corrected chi connectivity index (χ2v) is 9.43. The van der Waals surface area contributed by atoms with Crippen molar-refractivity contribution in [1.29, 1.82) is 0 Å². The van der Waals surface area contributed by atoms with Gasteiger partial charge in [0.25, 0.3) is 0 Å². The number of nitrogens with one attached hydrogen (secondary N) is 1. The third-order valence-corrected chi connectivity index (χ3v) is 5.12. The summed E-state index contributed by atoms with van der Waals surface area (Å²) in [5.74, 6) is -0.980. The third kappa shape index (κ3) is 5.85. The molecule has 1 aromatic heterocycles. The topological polar surface area (TPSA) is 112 Å². The minimum absolute atomic E-state index is 0.130. The first-order chi connectivity index (χ1) is 13.6. The van der Waals surface area contributed by atoms with E-state index in [1.165, 1.54) is 4.68 Å². The Kier molecular flexibility index (Phi) is 6.73. The molecule has 1 fully saturated rings. The molecule has 166 valence electrons. The maximum atomic E-state index is 12.1. The molecule has 30 heavy (non-hydrogen) atoms. The van der Waals surface area contributed by atoms with Crippen molar-refractivity contribution in [3.8, 4) is 0 Å². The molecule has 1 saturated heterocycles. The van der Waals surface area contributed by atoms with Crippen LogP contribution in [0, 0.1) is 0 Å². The van der Waals surface area contributed by atoms with Crippen molar-refractivity contribution in [3.63, 3.8) is 0 Å². The van der Waals surface area contributed by atoms with Crippen LogP contribution in [-0.2, 0) is 18.8 Å². The van der Waals surface area contributed by atoms with E-state index in [4.69, 9.17) is 14.0 Å². The van der Waals surface area contributed by atoms with Crippen LogP contribution in [0.3, 0.4) is 0 Å². The van der Waals surface area contributed by atoms with Crippen molar-refractivity contribution in [3.05, 3.63) is 23.4 Å². The maximum absolute atomic E-state index is 12.1. The Bertz CT molecular complexity index is 809. The van der Waals surface area contributed by atoms with Gasteiger partial charge in [0.2, 0.25) is 0 Å². The zero-order valence-corrected chi connectivity index (χ0v) is 19.0. The Morgan fingerprint density at radius 2 is 1.87 bits per heavy atom. The molecule has 1 aliphatic rings. The van der Waals surface area contributed by atoms with Crippen LogP contribution in [0.2, 0.25) is 0 Å². The largest absolute Gasteiger partial charge is 0.492 e. The van der Waals surface area contributed by atoms with Crippen molar-refractivity contribution in [1.82, 2.24) is 15.1 Å². The number of carboxylic acids is 1. The fourth-order valence-electron chi connectivity index (χ4n) is 2.65. The number of rotatable bonds is 6. The van der Waals surface area contributed by atoms with Crippen LogP contribution >= 0.6 is 0 Å². The first-order valence-corrected chi connectivity index (χ1v) is 9.91. The smallest absolute Gasteiger partial charge is 0.480 e. The van der Waals surface area contributed by atoms with Gasteiger partial charge in [0.15, 0.2) is 0 Å². The Morgan fingerprint density at radius 3 is 2.37 bits per heavy atom. The van der Waals surface area contributed by atoms with Crippen molar-refractivity contribution in [2.24, 2.45) is 0 Å². The quantitative estimate of drug-likeness (QED) is 0.679. The molecule has 10 heteroatoms. The lowest BCUT2D eigenvalue weighted by molar-refractivity contribution is -0.140. The van der Waals surface area contributed by atoms with Gasteiger partial charge in [-0.2, -0.15) is 5.10 Å². The van der Waals surface area contributed by atoms with Crippen molar-refractivity contribution in [2.75, 3.05) is 6.54 Å². The van der Waals surface area contributed by atoms with Gasteiger partial charge in [-0.3, -0.25) is 4.68 Å². The molecule has 0 aromatic carbocycles. The third-order valence-electron chi connectivity index (χ3n) is 5.12. The number of carboxylic acid groups (broad SMARTS) is 1. The average Bonchev–Trinajstić information content (AvgIpc) is 3.11. The Morgan fingerprint density at radius 1 is 1.30 bits per heavy atom. The highest BCUT2D eigenvalue weighted by Gasteiger charge is 2.52. The number of nitrogens with zero attached hydrogens (tertiary/aromatic N) is 2. The molecule has 0 saturated carbocycles. The number of hydrogen-bond donors (Lipinski definition) is 2. The summed E-state index contributed by atoms with van der Waals surface area (Å²) in [5, 5.41) is 16.0. The van der Waals surface area contributed by atoms with E-state index >= 15 is 0 Å². The van der Waals surface area contributed by atoms with E-state index in [2.05, 4.69) is 10.4 Å². The predicted molar refractivity (Wildman–Crippen MR) is 113 cm³/mol. The summed E-state index contributed by atoms with van der Waals surface area (Å²) in [6, 6.07) is -0.799. The summed E-state index contributed by atoms with van der Waals surface area (Å²) in [6.07, 6.45) is 4.40. The molecule has 0 radical (unpaired) electrons. The number of hydrogen-bond acceptors (Lipinski definition) is 6. The minimum Gasteiger partial charge on any atom is -0.480 e. The van der Waals surface area contributed by atoms with Crippen LogP contribution in [0.15, 0.2) is 17.9 Å². The monoisotopic (exact) mass is 421 g/mol. The van der Waals surface area contributed by atoms with Crippen molar-refractivity contribution < 1.29 is 28.7 Å². The molecule has 0 aliphatic carbocycles. The fraction of sp³-hybridized carbons (Fsp3) is 0.650. The van der Waals surface area contributed by atoms with Gasteiger partial charge in [-0.15, -0.1) is 0 Å². The molecule has 2 N–H and O–H groups in total. The normalized spacial score (nSPS) is 19.5.